The van der Waals surface area contributed by atoms with E-state index in [2.05, 4.69) is 348 Å². The number of ether oxygens (including phenoxy) is 2. The molecule has 0 fully saturated rings. The number of hydrogen-bond donors (Lipinski definition) is 2. The Bertz CT molecular complexity index is 5430. The average Bonchev–Trinajstić information content (AvgIpc) is 1.39. The first-order chi connectivity index (χ1) is 48.8. The molecule has 0 spiro atoms. The molecule has 0 saturated carbocycles. The summed E-state index contributed by atoms with van der Waals surface area (Å²) in [4.78, 5) is 0. The van der Waals surface area contributed by atoms with Crippen molar-refractivity contribution in [3.05, 3.63) is 327 Å². The summed E-state index contributed by atoms with van der Waals surface area (Å²) in [6, 6.07) is 114. The van der Waals surface area contributed by atoms with E-state index in [0.29, 0.717) is 11.5 Å². The highest BCUT2D eigenvalue weighted by atomic mass is 16.5. The Morgan fingerprint density at radius 1 is 0.253 bits per heavy atom. The van der Waals surface area contributed by atoms with Crippen molar-refractivity contribution >= 4 is 87.2 Å². The topological polar surface area (TPSA) is 78.6 Å². The summed E-state index contributed by atoms with van der Waals surface area (Å²) < 4.78 is 23.5. The van der Waals surface area contributed by atoms with Crippen molar-refractivity contribution in [1.82, 2.24) is 18.3 Å². The summed E-state index contributed by atoms with van der Waals surface area (Å²) in [5, 5.41) is 30.6. The number of para-hydroxylation sites is 8. The van der Waals surface area contributed by atoms with Crippen molar-refractivity contribution in [2.24, 2.45) is 0 Å². The maximum absolute atomic E-state index is 10.8. The summed E-state index contributed by atoms with van der Waals surface area (Å²) in [7, 11) is 0. The molecule has 0 saturated heterocycles. The van der Waals surface area contributed by atoms with E-state index in [4.69, 9.17) is 9.47 Å². The predicted molar refractivity (Wildman–Crippen MR) is 409 cm³/mol. The summed E-state index contributed by atoms with van der Waals surface area (Å²) in [5.74, 6) is 1.36. The maximum Gasteiger partial charge on any atom is 0.135 e. The van der Waals surface area contributed by atoms with Gasteiger partial charge in [-0.05, 0) is 179 Å². The molecule has 0 atom stereocenters. The second-order valence-electron chi connectivity index (χ2n) is 26.3. The molecule has 8 heteroatoms. The third-order valence-corrected chi connectivity index (χ3v) is 20.3. The molecule has 18 aromatic rings. The highest BCUT2D eigenvalue weighted by Crippen LogP contribution is 2.51. The van der Waals surface area contributed by atoms with E-state index in [-0.39, 0.29) is 26.4 Å². The molecule has 0 bridgehead atoms. The van der Waals surface area contributed by atoms with E-state index >= 15 is 0 Å². The van der Waals surface area contributed by atoms with Crippen LogP contribution in [0.1, 0.15) is 25.0 Å². The van der Waals surface area contributed by atoms with E-state index in [1.54, 1.807) is 0 Å². The maximum atomic E-state index is 10.8. The lowest BCUT2D eigenvalue weighted by Crippen LogP contribution is -2.20. The van der Waals surface area contributed by atoms with Gasteiger partial charge in [-0.1, -0.05) is 184 Å². The zero-order chi connectivity index (χ0) is 66.3. The number of aliphatic hydroxyl groups is 2. The lowest BCUT2D eigenvalue weighted by Gasteiger charge is -2.31. The highest BCUT2D eigenvalue weighted by Gasteiger charge is 2.32. The lowest BCUT2D eigenvalue weighted by atomic mass is 9.74. The Morgan fingerprint density at radius 3 is 0.717 bits per heavy atom. The van der Waals surface area contributed by atoms with Gasteiger partial charge in [0, 0.05) is 93.5 Å². The smallest absolute Gasteiger partial charge is 0.135 e. The monoisotopic (exact) mass is 1280 g/mol. The van der Waals surface area contributed by atoms with E-state index in [1.807, 2.05) is 0 Å². The van der Waals surface area contributed by atoms with Crippen LogP contribution in [0.4, 0.5) is 0 Å². The number of rotatable bonds is 16. The van der Waals surface area contributed by atoms with Crippen molar-refractivity contribution in [3.63, 3.8) is 0 Å². The molecule has 18 rings (SSSR count). The Kier molecular flexibility index (Phi) is 14.5. The number of aromatic nitrogens is 4. The molecule has 0 aliphatic heterocycles. The lowest BCUT2D eigenvalue weighted by molar-refractivity contribution is 0.202. The molecule has 476 valence electrons. The van der Waals surface area contributed by atoms with Gasteiger partial charge in [0.15, 0.2) is 0 Å². The minimum Gasteiger partial charge on any atom is -0.490 e. The van der Waals surface area contributed by atoms with Gasteiger partial charge in [-0.15, -0.1) is 0 Å². The molecule has 8 nitrogen and oxygen atoms in total. The fourth-order valence-electron chi connectivity index (χ4n) is 15.6. The fourth-order valence-corrected chi connectivity index (χ4v) is 15.6. The fraction of sp³-hybridized carbons (Fsp3) is 0.0769. The number of nitrogens with zero attached hydrogens (tertiary/aromatic N) is 4. The highest BCUT2D eigenvalue weighted by molar-refractivity contribution is 6.15. The molecule has 14 aromatic carbocycles. The van der Waals surface area contributed by atoms with Gasteiger partial charge in [0.1, 0.15) is 24.7 Å². The molecular weight excluding hydrogens is 1210 g/mol. The third kappa shape index (κ3) is 9.81. The second-order valence-corrected chi connectivity index (χ2v) is 26.3. The number of aliphatic hydroxyl groups excluding tert-OH is 2. The summed E-state index contributed by atoms with van der Waals surface area (Å²) in [6.45, 7) is 4.49. The second kappa shape index (κ2) is 24.2. The van der Waals surface area contributed by atoms with Crippen molar-refractivity contribution < 1.29 is 19.7 Å². The molecule has 4 heterocycles. The SMILES string of the molecule is CC(C)(c1cc(-c2ccc3c(c2)c2ccccc2n3-c2ccccc2)c(OCCO)c(-c2ccc3c(c2)c2ccccc2n3-c2ccccc2)c1)c1cc(-c2ccc3c(c2)c2ccccc2n3-c2ccccc2)c(OCCO)c(-c2ccc3c(c2)c2ccccc2n3-c2ccccc2)c1. The van der Waals surface area contributed by atoms with Crippen LogP contribution in [0.2, 0.25) is 0 Å². The van der Waals surface area contributed by atoms with E-state index in [1.165, 1.54) is 0 Å². The predicted octanol–water partition coefficient (Wildman–Crippen LogP) is 21.8. The first-order valence-corrected chi connectivity index (χ1v) is 34.0. The molecule has 2 N–H and O–H groups in total. The van der Waals surface area contributed by atoms with Crippen LogP contribution in [-0.4, -0.2) is 54.9 Å². The van der Waals surface area contributed by atoms with Crippen molar-refractivity contribution in [2.45, 2.75) is 19.3 Å². The van der Waals surface area contributed by atoms with Gasteiger partial charge >= 0.3 is 0 Å². The van der Waals surface area contributed by atoms with Gasteiger partial charge < -0.3 is 38.0 Å². The van der Waals surface area contributed by atoms with Crippen molar-refractivity contribution in [1.29, 1.82) is 0 Å². The minimum absolute atomic E-state index is 0.0819. The van der Waals surface area contributed by atoms with E-state index in [0.717, 1.165) is 166 Å². The molecular formula is C91H68N4O4. The average molecular weight is 1280 g/mol. The van der Waals surface area contributed by atoms with Crippen LogP contribution >= 0.6 is 0 Å². The molecule has 0 unspecified atom stereocenters. The van der Waals surface area contributed by atoms with Crippen molar-refractivity contribution in [3.8, 4) is 78.8 Å². The number of fused-ring (bicyclic) bond motifs is 12. The van der Waals surface area contributed by atoms with Crippen LogP contribution < -0.4 is 9.47 Å². The Morgan fingerprint density at radius 2 is 0.475 bits per heavy atom. The van der Waals surface area contributed by atoms with E-state index < -0.39 is 5.41 Å². The van der Waals surface area contributed by atoms with Crippen LogP contribution in [0.5, 0.6) is 11.5 Å². The van der Waals surface area contributed by atoms with Gasteiger partial charge in [0.25, 0.3) is 0 Å². The quantitative estimate of drug-likeness (QED) is 0.101. The van der Waals surface area contributed by atoms with Crippen LogP contribution in [0.3, 0.4) is 0 Å². The Labute approximate surface area is 572 Å². The van der Waals surface area contributed by atoms with Crippen LogP contribution in [0, 0.1) is 0 Å². The molecule has 0 aliphatic rings. The van der Waals surface area contributed by atoms with Crippen LogP contribution in [0.25, 0.3) is 154 Å². The van der Waals surface area contributed by atoms with Gasteiger partial charge in [0.2, 0.25) is 0 Å². The first kappa shape index (κ1) is 59.3. The normalized spacial score (nSPS) is 12.0. The number of benzene rings is 14. The Hall–Kier alpha value is -12.2. The Balaban J connectivity index is 0.911. The first-order valence-electron chi connectivity index (χ1n) is 34.0. The number of hydrogen-bond acceptors (Lipinski definition) is 4. The summed E-state index contributed by atoms with van der Waals surface area (Å²) >= 11 is 0. The van der Waals surface area contributed by atoms with Crippen molar-refractivity contribution in [2.75, 3.05) is 26.4 Å². The van der Waals surface area contributed by atoms with Gasteiger partial charge in [-0.3, -0.25) is 0 Å². The molecule has 0 aliphatic carbocycles. The van der Waals surface area contributed by atoms with Crippen LogP contribution in [0.15, 0.2) is 315 Å². The standard InChI is InChI=1S/C91H68N4O4/c1-91(2,63-55-73(59-39-43-85-77(51-59)69-31-15-19-35-81(69)92(85)65-23-7-3-8-24-65)89(98-49-47-96)74(56-63)60-40-44-86-78(52-60)70-32-16-20-36-82(70)93(86)66-25-9-4-10-26-66)64-57-75(61-41-45-87-79(53-61)71-33-17-21-37-83(71)94(87)67-27-11-5-12-28-67)90(99-50-48-97)76(58-64)62-42-46-88-80(54-62)72-34-18-22-38-84(72)95(88)68-29-13-6-14-30-68/h3-46,51-58,96-97H,47-50H2,1-2H3. The molecule has 99 heavy (non-hydrogen) atoms. The molecule has 0 amide bonds. The minimum atomic E-state index is -0.750. The van der Waals surface area contributed by atoms with Crippen LogP contribution in [-0.2, 0) is 5.41 Å². The largest absolute Gasteiger partial charge is 0.490 e. The van der Waals surface area contributed by atoms with E-state index in [9.17, 15) is 10.2 Å². The van der Waals surface area contributed by atoms with Gasteiger partial charge in [-0.25, -0.2) is 0 Å². The zero-order valence-corrected chi connectivity index (χ0v) is 54.9. The molecule has 4 aromatic heterocycles. The van der Waals surface area contributed by atoms with Gasteiger partial charge in [0.05, 0.1) is 57.3 Å². The van der Waals surface area contributed by atoms with Gasteiger partial charge in [-0.2, -0.15) is 0 Å². The third-order valence-electron chi connectivity index (χ3n) is 20.3. The molecule has 0 radical (unpaired) electrons. The summed E-state index contributed by atoms with van der Waals surface area (Å²) in [5.41, 5.74) is 22.0. The summed E-state index contributed by atoms with van der Waals surface area (Å²) in [6.07, 6.45) is 0. The zero-order valence-electron chi connectivity index (χ0n) is 54.9.